The van der Waals surface area contributed by atoms with Crippen LogP contribution in [0.25, 0.3) is 0 Å². The summed E-state index contributed by atoms with van der Waals surface area (Å²) in [5.74, 6) is -1.90. The van der Waals surface area contributed by atoms with E-state index in [0.29, 0.717) is 15.5 Å². The fourth-order valence-electron chi connectivity index (χ4n) is 1.32. The minimum absolute atomic E-state index is 0.303. The van der Waals surface area contributed by atoms with Crippen LogP contribution in [-0.2, 0) is 0 Å². The lowest BCUT2D eigenvalue weighted by Gasteiger charge is -2.08. The van der Waals surface area contributed by atoms with Gasteiger partial charge in [0.15, 0.2) is 11.6 Å². The van der Waals surface area contributed by atoms with Gasteiger partial charge in [0, 0.05) is 10.3 Å². The highest BCUT2D eigenvalue weighted by Gasteiger charge is 2.14. The first kappa shape index (κ1) is 11.5. The van der Waals surface area contributed by atoms with Crippen LogP contribution in [0.2, 0.25) is 5.02 Å². The number of benzene rings is 1. The molecule has 0 amide bonds. The minimum atomic E-state index is -0.979. The van der Waals surface area contributed by atoms with E-state index in [1.54, 1.807) is 11.4 Å². The van der Waals surface area contributed by atoms with E-state index in [1.807, 2.05) is 0 Å². The van der Waals surface area contributed by atoms with Crippen molar-refractivity contribution in [1.82, 2.24) is 0 Å². The number of halogens is 3. The monoisotopic (exact) mass is 260 g/mol. The molecule has 1 atom stereocenters. The Bertz CT molecular complexity index is 512. The molecule has 1 heterocycles. The van der Waals surface area contributed by atoms with Crippen LogP contribution in [0.3, 0.4) is 0 Å². The lowest BCUT2D eigenvalue weighted by molar-refractivity contribution is 0.223. The second-order valence-electron chi connectivity index (χ2n) is 3.24. The topological polar surface area (TPSA) is 20.2 Å². The summed E-state index contributed by atoms with van der Waals surface area (Å²) in [5, 5.41) is 12.1. The summed E-state index contributed by atoms with van der Waals surface area (Å²) in [6, 6.07) is 4.91. The van der Waals surface area contributed by atoms with Crippen LogP contribution < -0.4 is 0 Å². The lowest BCUT2D eigenvalue weighted by atomic mass is 10.1. The zero-order valence-corrected chi connectivity index (χ0v) is 9.53. The molecule has 0 fully saturated rings. The van der Waals surface area contributed by atoms with Crippen LogP contribution in [0, 0.1) is 11.6 Å². The highest BCUT2D eigenvalue weighted by atomic mass is 35.5. The van der Waals surface area contributed by atoms with E-state index in [4.69, 9.17) is 11.6 Å². The Morgan fingerprint density at radius 3 is 2.50 bits per heavy atom. The van der Waals surface area contributed by atoms with Crippen molar-refractivity contribution in [2.75, 3.05) is 0 Å². The first-order chi connectivity index (χ1) is 7.58. The maximum atomic E-state index is 13.0. The number of rotatable bonds is 2. The van der Waals surface area contributed by atoms with Crippen molar-refractivity contribution >= 4 is 22.9 Å². The molecule has 2 aromatic rings. The van der Waals surface area contributed by atoms with Gasteiger partial charge in [0.05, 0.1) is 5.02 Å². The molecule has 5 heteroatoms. The quantitative estimate of drug-likeness (QED) is 0.872. The predicted octanol–water partition coefficient (Wildman–Crippen LogP) is 3.76. The van der Waals surface area contributed by atoms with Gasteiger partial charge in [-0.3, -0.25) is 0 Å². The van der Waals surface area contributed by atoms with E-state index in [2.05, 4.69) is 0 Å². The van der Waals surface area contributed by atoms with Crippen LogP contribution in [-0.4, -0.2) is 5.11 Å². The number of hydrogen-bond donors (Lipinski definition) is 1. The van der Waals surface area contributed by atoms with Crippen LogP contribution in [0.1, 0.15) is 16.5 Å². The summed E-state index contributed by atoms with van der Waals surface area (Å²) in [6.45, 7) is 0. The highest BCUT2D eigenvalue weighted by Crippen LogP contribution is 2.30. The molecule has 1 aromatic carbocycles. The molecule has 0 saturated heterocycles. The van der Waals surface area contributed by atoms with E-state index in [-0.39, 0.29) is 0 Å². The first-order valence-electron chi connectivity index (χ1n) is 4.45. The second kappa shape index (κ2) is 4.49. The number of thiophene rings is 1. The molecule has 1 aromatic heterocycles. The van der Waals surface area contributed by atoms with Crippen molar-refractivity contribution in [3.63, 3.8) is 0 Å². The minimum Gasteiger partial charge on any atom is -0.383 e. The van der Waals surface area contributed by atoms with E-state index in [9.17, 15) is 13.9 Å². The van der Waals surface area contributed by atoms with Gasteiger partial charge >= 0.3 is 0 Å². The lowest BCUT2D eigenvalue weighted by Crippen LogP contribution is -1.98. The normalized spacial score (nSPS) is 12.8. The molecule has 2 rings (SSSR count). The molecule has 1 unspecified atom stereocenters. The van der Waals surface area contributed by atoms with E-state index in [0.717, 1.165) is 12.1 Å². The Kier molecular flexibility index (Phi) is 3.23. The van der Waals surface area contributed by atoms with E-state index >= 15 is 0 Å². The Morgan fingerprint density at radius 2 is 1.94 bits per heavy atom. The predicted molar refractivity (Wildman–Crippen MR) is 59.7 cm³/mol. The SMILES string of the molecule is OC(c1ccc(F)c(F)c1)c1cc(Cl)cs1. The molecule has 84 valence electrons. The summed E-state index contributed by atoms with van der Waals surface area (Å²) in [7, 11) is 0. The maximum absolute atomic E-state index is 13.0. The molecule has 0 saturated carbocycles. The Labute approximate surface area is 99.9 Å². The van der Waals surface area contributed by atoms with Gasteiger partial charge in [-0.15, -0.1) is 11.3 Å². The highest BCUT2D eigenvalue weighted by molar-refractivity contribution is 7.10. The summed E-state index contributed by atoms with van der Waals surface area (Å²) in [6.07, 6.45) is -0.979. The van der Waals surface area contributed by atoms with Gasteiger partial charge in [-0.25, -0.2) is 8.78 Å². The molecule has 0 radical (unpaired) electrons. The molecule has 0 aliphatic rings. The molecule has 0 aliphatic carbocycles. The molecule has 1 nitrogen and oxygen atoms in total. The van der Waals surface area contributed by atoms with Crippen LogP contribution >= 0.6 is 22.9 Å². The molecule has 16 heavy (non-hydrogen) atoms. The van der Waals surface area contributed by atoms with Gasteiger partial charge in [0.25, 0.3) is 0 Å². The van der Waals surface area contributed by atoms with Crippen molar-refractivity contribution in [2.24, 2.45) is 0 Å². The number of aliphatic hydroxyl groups excluding tert-OH is 1. The molecular weight excluding hydrogens is 254 g/mol. The standard InChI is InChI=1S/C11H7ClF2OS/c12-7-4-10(16-5-7)11(15)6-1-2-8(13)9(14)3-6/h1-5,11,15H. The second-order valence-corrected chi connectivity index (χ2v) is 4.62. The van der Waals surface area contributed by atoms with E-state index < -0.39 is 17.7 Å². The summed E-state index contributed by atoms with van der Waals surface area (Å²) >= 11 is 6.98. The van der Waals surface area contributed by atoms with Gasteiger partial charge in [-0.1, -0.05) is 17.7 Å². The van der Waals surface area contributed by atoms with Crippen LogP contribution in [0.4, 0.5) is 8.78 Å². The molecule has 1 N–H and O–H groups in total. The fraction of sp³-hybridized carbons (Fsp3) is 0.0909. The third-order valence-electron chi connectivity index (χ3n) is 2.12. The van der Waals surface area contributed by atoms with Gasteiger partial charge in [0.1, 0.15) is 6.10 Å². The molecule has 0 spiro atoms. The average molecular weight is 261 g/mol. The smallest absolute Gasteiger partial charge is 0.159 e. The average Bonchev–Trinajstić information content (AvgIpc) is 2.68. The number of hydrogen-bond acceptors (Lipinski definition) is 2. The van der Waals surface area contributed by atoms with E-state index in [1.165, 1.54) is 17.4 Å². The zero-order chi connectivity index (χ0) is 11.7. The van der Waals surface area contributed by atoms with Gasteiger partial charge in [-0.2, -0.15) is 0 Å². The van der Waals surface area contributed by atoms with Crippen LogP contribution in [0.5, 0.6) is 0 Å². The molecule has 0 aliphatic heterocycles. The molecule has 0 bridgehead atoms. The largest absolute Gasteiger partial charge is 0.383 e. The van der Waals surface area contributed by atoms with Gasteiger partial charge < -0.3 is 5.11 Å². The fourth-order valence-corrected chi connectivity index (χ4v) is 2.41. The third kappa shape index (κ3) is 2.24. The van der Waals surface area contributed by atoms with Gasteiger partial charge in [-0.05, 0) is 23.8 Å². The van der Waals surface area contributed by atoms with Crippen molar-refractivity contribution in [3.05, 3.63) is 56.7 Å². The zero-order valence-electron chi connectivity index (χ0n) is 7.95. The van der Waals surface area contributed by atoms with Crippen molar-refractivity contribution in [1.29, 1.82) is 0 Å². The summed E-state index contributed by atoms with van der Waals surface area (Å²) < 4.78 is 25.6. The van der Waals surface area contributed by atoms with Gasteiger partial charge in [0.2, 0.25) is 0 Å². The first-order valence-corrected chi connectivity index (χ1v) is 5.70. The number of aliphatic hydroxyl groups is 1. The van der Waals surface area contributed by atoms with Crippen molar-refractivity contribution < 1.29 is 13.9 Å². The molecular formula is C11H7ClF2OS. The Morgan fingerprint density at radius 1 is 1.19 bits per heavy atom. The van der Waals surface area contributed by atoms with Crippen LogP contribution in [0.15, 0.2) is 29.6 Å². The summed E-state index contributed by atoms with van der Waals surface area (Å²) in [5.41, 5.74) is 0.303. The third-order valence-corrected chi connectivity index (χ3v) is 3.45. The van der Waals surface area contributed by atoms with Crippen molar-refractivity contribution in [2.45, 2.75) is 6.10 Å². The Hall–Kier alpha value is -0.970. The van der Waals surface area contributed by atoms with Crippen molar-refractivity contribution in [3.8, 4) is 0 Å². The summed E-state index contributed by atoms with van der Waals surface area (Å²) in [4.78, 5) is 0.594. The maximum Gasteiger partial charge on any atom is 0.159 e. The Balaban J connectivity index is 2.33.